The van der Waals surface area contributed by atoms with Gasteiger partial charge in [0.1, 0.15) is 5.84 Å². The van der Waals surface area contributed by atoms with Crippen molar-refractivity contribution in [3.05, 3.63) is 29.8 Å². The Morgan fingerprint density at radius 3 is 2.38 bits per heavy atom. The van der Waals surface area contributed by atoms with Crippen LogP contribution >= 0.6 is 0 Å². The Balaban J connectivity index is 2.97. The van der Waals surface area contributed by atoms with E-state index in [0.29, 0.717) is 5.84 Å². The van der Waals surface area contributed by atoms with Gasteiger partial charge in [-0.15, -0.1) is 0 Å². The lowest BCUT2D eigenvalue weighted by Crippen LogP contribution is -2.31. The maximum absolute atomic E-state index is 8.19. The molecule has 0 atom stereocenters. The van der Waals surface area contributed by atoms with Crippen molar-refractivity contribution in [2.45, 2.75) is 20.8 Å². The molecule has 88 valence electrons. The summed E-state index contributed by atoms with van der Waals surface area (Å²) in [6.45, 7) is 8.84. The Morgan fingerprint density at radius 1 is 1.19 bits per heavy atom. The minimum absolute atomic E-state index is 0.599. The number of nitrogens with zero attached hydrogens (tertiary/aromatic N) is 1. The average molecular weight is 219 g/mol. The summed E-state index contributed by atoms with van der Waals surface area (Å²) in [6, 6.07) is 8.00. The van der Waals surface area contributed by atoms with Gasteiger partial charge in [0.05, 0.1) is 0 Å². The third kappa shape index (κ3) is 2.75. The number of anilines is 1. The third-order valence-corrected chi connectivity index (χ3v) is 2.63. The van der Waals surface area contributed by atoms with Crippen LogP contribution < -0.4 is 5.32 Å². The second-order valence-electron chi connectivity index (χ2n) is 3.60. The van der Waals surface area contributed by atoms with Crippen LogP contribution in [0.4, 0.5) is 5.69 Å². The molecule has 1 aromatic carbocycles. The first-order chi connectivity index (χ1) is 7.74. The quantitative estimate of drug-likeness (QED) is 0.590. The molecule has 0 fully saturated rings. The summed E-state index contributed by atoms with van der Waals surface area (Å²) in [7, 11) is 0. The van der Waals surface area contributed by atoms with E-state index in [1.54, 1.807) is 0 Å². The van der Waals surface area contributed by atoms with E-state index in [-0.39, 0.29) is 0 Å². The molecule has 0 bridgehead atoms. The minimum atomic E-state index is 0.599. The van der Waals surface area contributed by atoms with E-state index in [0.717, 1.165) is 30.9 Å². The second kappa shape index (κ2) is 6.16. The van der Waals surface area contributed by atoms with E-state index in [4.69, 9.17) is 5.41 Å². The summed E-state index contributed by atoms with van der Waals surface area (Å²) in [4.78, 5) is 2.05. The molecule has 0 amide bonds. The van der Waals surface area contributed by atoms with Crippen LogP contribution in [0.5, 0.6) is 0 Å². The molecule has 2 N–H and O–H groups in total. The number of para-hydroxylation sites is 1. The molecule has 16 heavy (non-hydrogen) atoms. The second-order valence-corrected chi connectivity index (χ2v) is 3.60. The van der Waals surface area contributed by atoms with Crippen LogP contribution in [-0.4, -0.2) is 30.4 Å². The Hall–Kier alpha value is -1.51. The molecule has 0 aliphatic rings. The fourth-order valence-electron chi connectivity index (χ4n) is 1.74. The first-order valence-corrected chi connectivity index (χ1v) is 5.91. The van der Waals surface area contributed by atoms with E-state index >= 15 is 0 Å². The maximum Gasteiger partial charge on any atom is 0.130 e. The van der Waals surface area contributed by atoms with E-state index in [2.05, 4.69) is 31.0 Å². The predicted molar refractivity (Wildman–Crippen MR) is 70.4 cm³/mol. The van der Waals surface area contributed by atoms with Crippen molar-refractivity contribution in [1.82, 2.24) is 4.90 Å². The first kappa shape index (κ1) is 12.6. The zero-order chi connectivity index (χ0) is 12.0. The molecular weight excluding hydrogens is 198 g/mol. The predicted octanol–water partition coefficient (Wildman–Crippen LogP) is 2.79. The van der Waals surface area contributed by atoms with Crippen LogP contribution in [0.1, 0.15) is 26.3 Å². The summed E-state index contributed by atoms with van der Waals surface area (Å²) in [5.74, 6) is 0.599. The van der Waals surface area contributed by atoms with Gasteiger partial charge in [-0.3, -0.25) is 5.41 Å². The SMILES string of the molecule is CCNc1ccccc1C(=N)N(CC)CC. The highest BCUT2D eigenvalue weighted by Gasteiger charge is 2.11. The summed E-state index contributed by atoms with van der Waals surface area (Å²) in [5, 5.41) is 11.5. The lowest BCUT2D eigenvalue weighted by molar-refractivity contribution is 0.464. The molecule has 0 heterocycles. The minimum Gasteiger partial charge on any atom is -0.385 e. The largest absolute Gasteiger partial charge is 0.385 e. The van der Waals surface area contributed by atoms with Gasteiger partial charge in [0.2, 0.25) is 0 Å². The molecule has 0 aliphatic heterocycles. The summed E-state index contributed by atoms with van der Waals surface area (Å²) in [5.41, 5.74) is 2.02. The van der Waals surface area contributed by atoms with Gasteiger partial charge in [0.25, 0.3) is 0 Å². The Morgan fingerprint density at radius 2 is 1.81 bits per heavy atom. The molecule has 0 aliphatic carbocycles. The van der Waals surface area contributed by atoms with Crippen LogP contribution in [0, 0.1) is 5.41 Å². The summed E-state index contributed by atoms with van der Waals surface area (Å²) < 4.78 is 0. The van der Waals surface area contributed by atoms with Crippen molar-refractivity contribution in [1.29, 1.82) is 5.41 Å². The fraction of sp³-hybridized carbons (Fsp3) is 0.462. The number of benzene rings is 1. The third-order valence-electron chi connectivity index (χ3n) is 2.63. The smallest absolute Gasteiger partial charge is 0.130 e. The highest BCUT2D eigenvalue weighted by atomic mass is 15.2. The lowest BCUT2D eigenvalue weighted by atomic mass is 10.1. The molecule has 0 radical (unpaired) electrons. The maximum atomic E-state index is 8.19. The van der Waals surface area contributed by atoms with Crippen molar-refractivity contribution >= 4 is 11.5 Å². The van der Waals surface area contributed by atoms with Crippen LogP contribution in [0.25, 0.3) is 0 Å². The van der Waals surface area contributed by atoms with Gasteiger partial charge >= 0.3 is 0 Å². The van der Waals surface area contributed by atoms with Gasteiger partial charge in [-0.1, -0.05) is 12.1 Å². The van der Waals surface area contributed by atoms with Crippen molar-refractivity contribution in [2.24, 2.45) is 0 Å². The highest BCUT2D eigenvalue weighted by Crippen LogP contribution is 2.16. The van der Waals surface area contributed by atoms with E-state index in [1.807, 2.05) is 24.3 Å². The summed E-state index contributed by atoms with van der Waals surface area (Å²) >= 11 is 0. The van der Waals surface area contributed by atoms with E-state index in [9.17, 15) is 0 Å². The van der Waals surface area contributed by atoms with Crippen molar-refractivity contribution in [3.63, 3.8) is 0 Å². The molecule has 0 spiro atoms. The highest BCUT2D eigenvalue weighted by molar-refractivity contribution is 6.01. The van der Waals surface area contributed by atoms with Crippen LogP contribution in [0.3, 0.4) is 0 Å². The topological polar surface area (TPSA) is 39.1 Å². The van der Waals surface area contributed by atoms with Gasteiger partial charge in [-0.05, 0) is 32.9 Å². The number of hydrogen-bond donors (Lipinski definition) is 2. The zero-order valence-corrected chi connectivity index (χ0v) is 10.4. The number of hydrogen-bond acceptors (Lipinski definition) is 2. The van der Waals surface area contributed by atoms with Crippen molar-refractivity contribution < 1.29 is 0 Å². The number of rotatable bonds is 5. The van der Waals surface area contributed by atoms with Crippen molar-refractivity contribution in [3.8, 4) is 0 Å². The van der Waals surface area contributed by atoms with Crippen LogP contribution in [0.2, 0.25) is 0 Å². The Bertz CT molecular complexity index is 343. The molecule has 0 unspecified atom stereocenters. The van der Waals surface area contributed by atoms with Gasteiger partial charge in [0.15, 0.2) is 0 Å². The van der Waals surface area contributed by atoms with Crippen LogP contribution in [-0.2, 0) is 0 Å². The number of amidine groups is 1. The standard InChI is InChI=1S/C13H21N3/c1-4-15-12-10-8-7-9-11(12)13(14)16(5-2)6-3/h7-10,14-15H,4-6H2,1-3H3. The molecule has 1 rings (SSSR count). The molecule has 1 aromatic rings. The van der Waals surface area contributed by atoms with Crippen LogP contribution in [0.15, 0.2) is 24.3 Å². The monoisotopic (exact) mass is 219 g/mol. The van der Waals surface area contributed by atoms with E-state index < -0.39 is 0 Å². The zero-order valence-electron chi connectivity index (χ0n) is 10.4. The molecule has 3 nitrogen and oxygen atoms in total. The first-order valence-electron chi connectivity index (χ1n) is 5.91. The van der Waals surface area contributed by atoms with Gasteiger partial charge in [-0.25, -0.2) is 0 Å². The molecule has 0 saturated carbocycles. The molecular formula is C13H21N3. The van der Waals surface area contributed by atoms with Gasteiger partial charge < -0.3 is 10.2 Å². The normalized spacial score (nSPS) is 9.94. The van der Waals surface area contributed by atoms with Gasteiger partial charge in [0, 0.05) is 30.9 Å². The average Bonchev–Trinajstić information content (AvgIpc) is 2.31. The Kier molecular flexibility index (Phi) is 4.83. The van der Waals surface area contributed by atoms with E-state index in [1.165, 1.54) is 0 Å². The lowest BCUT2D eigenvalue weighted by Gasteiger charge is -2.23. The molecule has 0 aromatic heterocycles. The summed E-state index contributed by atoms with van der Waals surface area (Å²) in [6.07, 6.45) is 0. The fourth-order valence-corrected chi connectivity index (χ4v) is 1.74. The molecule has 3 heteroatoms. The van der Waals surface area contributed by atoms with Crippen molar-refractivity contribution in [2.75, 3.05) is 25.0 Å². The number of nitrogens with one attached hydrogen (secondary N) is 2. The Labute approximate surface area is 98.0 Å². The van der Waals surface area contributed by atoms with Gasteiger partial charge in [-0.2, -0.15) is 0 Å². The molecule has 0 saturated heterocycles.